The average molecular weight is 334 g/mol. The molecule has 0 saturated heterocycles. The lowest BCUT2D eigenvalue weighted by atomic mass is 9.91. The lowest BCUT2D eigenvalue weighted by Gasteiger charge is -2.28. The smallest absolute Gasteiger partial charge is 0.0791 e. The van der Waals surface area contributed by atoms with Crippen molar-refractivity contribution in [3.8, 4) is 11.3 Å². The van der Waals surface area contributed by atoms with E-state index in [1.165, 1.54) is 16.5 Å². The number of rotatable bonds is 1. The minimum Gasteiger partial charge on any atom is -0.302 e. The average Bonchev–Trinajstić information content (AvgIpc) is 3.22. The second-order valence-corrected chi connectivity index (χ2v) is 6.60. The van der Waals surface area contributed by atoms with Crippen molar-refractivity contribution in [3.05, 3.63) is 41.3 Å². The topological polar surface area (TPSA) is 73.5 Å². The maximum Gasteiger partial charge on any atom is 0.0791 e. The van der Waals surface area contributed by atoms with E-state index in [0.29, 0.717) is 0 Å². The zero-order valence-electron chi connectivity index (χ0n) is 13.7. The molecule has 128 valence electrons. The molecule has 0 radical (unpaired) electrons. The van der Waals surface area contributed by atoms with Crippen molar-refractivity contribution in [2.75, 3.05) is 13.6 Å². The number of nitrogens with one attached hydrogen (secondary N) is 2. The van der Waals surface area contributed by atoms with Crippen molar-refractivity contribution in [3.63, 3.8) is 0 Å². The Bertz CT molecular complexity index is 1070. The number of aromatic nitrogens is 5. The summed E-state index contributed by atoms with van der Waals surface area (Å²) in [7, 11) is 2.16. The molecule has 1 aliphatic heterocycles. The minimum atomic E-state index is 0. The van der Waals surface area contributed by atoms with Gasteiger partial charge in [-0.05, 0) is 43.7 Å². The normalized spacial score (nSPS) is 14.6. The molecule has 6 heteroatoms. The fourth-order valence-electron chi connectivity index (χ4n) is 3.81. The zero-order chi connectivity index (χ0) is 16.3. The third-order valence-electron chi connectivity index (χ3n) is 5.04. The van der Waals surface area contributed by atoms with Gasteiger partial charge in [0.2, 0.25) is 0 Å². The highest BCUT2D eigenvalue weighted by Gasteiger charge is 2.24. The minimum absolute atomic E-state index is 0. The first-order valence-corrected chi connectivity index (χ1v) is 8.19. The lowest BCUT2D eigenvalue weighted by molar-refractivity contribution is 0.314. The number of fused-ring (bicyclic) bond motifs is 5. The van der Waals surface area contributed by atoms with Crippen molar-refractivity contribution in [1.82, 2.24) is 30.3 Å². The molecule has 1 aromatic carbocycles. The van der Waals surface area contributed by atoms with Crippen LogP contribution in [0.4, 0.5) is 0 Å². The van der Waals surface area contributed by atoms with Crippen LogP contribution in [0.15, 0.2) is 24.5 Å². The maximum absolute atomic E-state index is 5.03. The number of aromatic amines is 2. The van der Waals surface area contributed by atoms with Gasteiger partial charge in [0.1, 0.15) is 0 Å². The van der Waals surface area contributed by atoms with Gasteiger partial charge in [-0.1, -0.05) is 7.43 Å². The third-order valence-corrected chi connectivity index (χ3v) is 5.04. The van der Waals surface area contributed by atoms with E-state index in [4.69, 9.17) is 4.98 Å². The van der Waals surface area contributed by atoms with Crippen LogP contribution in [0, 0.1) is 6.92 Å². The molecule has 1 aliphatic rings. The Hall–Kier alpha value is -2.73. The van der Waals surface area contributed by atoms with Gasteiger partial charge in [-0.3, -0.25) is 10.2 Å². The van der Waals surface area contributed by atoms with E-state index in [-0.39, 0.29) is 7.43 Å². The van der Waals surface area contributed by atoms with Crippen molar-refractivity contribution in [2.24, 2.45) is 0 Å². The number of hydrogen-bond acceptors (Lipinski definition) is 4. The largest absolute Gasteiger partial charge is 0.302 e. The van der Waals surface area contributed by atoms with Crippen LogP contribution in [0.1, 0.15) is 24.2 Å². The Balaban J connectivity index is 0.00000157. The molecule has 3 aromatic heterocycles. The molecular formula is C19H22N6. The second-order valence-electron chi connectivity index (χ2n) is 6.60. The van der Waals surface area contributed by atoms with Crippen LogP contribution in [0.2, 0.25) is 0 Å². The lowest BCUT2D eigenvalue weighted by Crippen LogP contribution is -2.27. The highest BCUT2D eigenvalue weighted by Crippen LogP contribution is 2.37. The summed E-state index contributed by atoms with van der Waals surface area (Å²) in [5.74, 6) is 0. The molecule has 2 N–H and O–H groups in total. The zero-order valence-corrected chi connectivity index (χ0v) is 13.7. The highest BCUT2D eigenvalue weighted by atomic mass is 15.1. The monoisotopic (exact) mass is 334 g/mol. The van der Waals surface area contributed by atoms with Crippen LogP contribution >= 0.6 is 0 Å². The number of benzene rings is 1. The molecule has 6 nitrogen and oxygen atoms in total. The Morgan fingerprint density at radius 3 is 2.72 bits per heavy atom. The van der Waals surface area contributed by atoms with Crippen LogP contribution in [-0.4, -0.2) is 43.9 Å². The molecule has 0 unspecified atom stereocenters. The first-order chi connectivity index (χ1) is 11.7. The standard InChI is InChI=1S/C18H18N6.CH4/c1-10-12(7-19-22-10)18-14-9-24(2)6-5-11(14)17-13-8-20-23-15(13)3-4-16(17)21-18;/h3-4,7-8H,5-6,9H2,1-2H3,(H,19,22)(H,20,23);1H4. The summed E-state index contributed by atoms with van der Waals surface area (Å²) in [5, 5.41) is 16.9. The first-order valence-electron chi connectivity index (χ1n) is 8.19. The molecule has 0 spiro atoms. The number of nitrogens with zero attached hydrogens (tertiary/aromatic N) is 4. The predicted octanol–water partition coefficient (Wildman–Crippen LogP) is 3.43. The number of aryl methyl sites for hydroxylation is 1. The number of pyridine rings is 1. The maximum atomic E-state index is 5.03. The third kappa shape index (κ3) is 2.25. The molecular weight excluding hydrogens is 312 g/mol. The van der Waals surface area contributed by atoms with Crippen LogP contribution in [0.5, 0.6) is 0 Å². The summed E-state index contributed by atoms with van der Waals surface area (Å²) >= 11 is 0. The first kappa shape index (κ1) is 15.8. The molecule has 25 heavy (non-hydrogen) atoms. The Labute approximate surface area is 146 Å². The summed E-state index contributed by atoms with van der Waals surface area (Å²) < 4.78 is 0. The summed E-state index contributed by atoms with van der Waals surface area (Å²) in [6, 6.07) is 4.15. The molecule has 0 atom stereocenters. The van der Waals surface area contributed by atoms with E-state index in [0.717, 1.165) is 52.9 Å². The fourth-order valence-corrected chi connectivity index (χ4v) is 3.81. The molecule has 0 saturated carbocycles. The van der Waals surface area contributed by atoms with Gasteiger partial charge in [-0.2, -0.15) is 10.2 Å². The molecule has 4 heterocycles. The van der Waals surface area contributed by atoms with Gasteiger partial charge in [0.05, 0.1) is 29.1 Å². The SMILES string of the molecule is C.Cc1[nH]ncc1-c1nc2ccc3[nH]ncc3c2c2c1CN(C)CC2. The van der Waals surface area contributed by atoms with E-state index >= 15 is 0 Å². The number of hydrogen-bond donors (Lipinski definition) is 2. The van der Waals surface area contributed by atoms with Gasteiger partial charge in [-0.25, -0.2) is 4.98 Å². The summed E-state index contributed by atoms with van der Waals surface area (Å²) in [6.45, 7) is 4.02. The van der Waals surface area contributed by atoms with Crippen molar-refractivity contribution < 1.29 is 0 Å². The summed E-state index contributed by atoms with van der Waals surface area (Å²) in [5.41, 5.74) is 8.02. The van der Waals surface area contributed by atoms with Crippen LogP contribution < -0.4 is 0 Å². The number of H-pyrrole nitrogens is 2. The van der Waals surface area contributed by atoms with E-state index in [2.05, 4.69) is 44.5 Å². The van der Waals surface area contributed by atoms with E-state index in [9.17, 15) is 0 Å². The van der Waals surface area contributed by atoms with Gasteiger partial charge < -0.3 is 4.90 Å². The fraction of sp³-hybridized carbons (Fsp3) is 0.316. The summed E-state index contributed by atoms with van der Waals surface area (Å²) in [4.78, 5) is 7.38. The van der Waals surface area contributed by atoms with E-state index < -0.39 is 0 Å². The van der Waals surface area contributed by atoms with Crippen LogP contribution in [-0.2, 0) is 13.0 Å². The summed E-state index contributed by atoms with van der Waals surface area (Å²) in [6.07, 6.45) is 4.83. The van der Waals surface area contributed by atoms with Crippen LogP contribution in [0.25, 0.3) is 33.1 Å². The molecule has 0 bridgehead atoms. The Morgan fingerprint density at radius 1 is 1.08 bits per heavy atom. The number of likely N-dealkylation sites (N-methyl/N-ethyl adjacent to an activating group) is 1. The second kappa shape index (κ2) is 5.67. The van der Waals surface area contributed by atoms with Crippen LogP contribution in [0.3, 0.4) is 0 Å². The van der Waals surface area contributed by atoms with Gasteiger partial charge in [0.25, 0.3) is 0 Å². The predicted molar refractivity (Wildman–Crippen MR) is 100 cm³/mol. The van der Waals surface area contributed by atoms with Crippen molar-refractivity contribution >= 4 is 21.8 Å². The van der Waals surface area contributed by atoms with Gasteiger partial charge in [0, 0.05) is 35.1 Å². The van der Waals surface area contributed by atoms with Crippen molar-refractivity contribution in [2.45, 2.75) is 27.3 Å². The Kier molecular flexibility index (Phi) is 3.58. The molecule has 0 amide bonds. The van der Waals surface area contributed by atoms with Gasteiger partial charge in [0.15, 0.2) is 0 Å². The quantitative estimate of drug-likeness (QED) is 0.559. The van der Waals surface area contributed by atoms with E-state index in [1.807, 2.05) is 19.3 Å². The molecule has 5 rings (SSSR count). The molecule has 0 aliphatic carbocycles. The van der Waals surface area contributed by atoms with Gasteiger partial charge >= 0.3 is 0 Å². The van der Waals surface area contributed by atoms with Gasteiger partial charge in [-0.15, -0.1) is 0 Å². The highest BCUT2D eigenvalue weighted by molar-refractivity contribution is 6.07. The molecule has 4 aromatic rings. The van der Waals surface area contributed by atoms with E-state index in [1.54, 1.807) is 0 Å². The molecule has 0 fully saturated rings. The van der Waals surface area contributed by atoms with Crippen molar-refractivity contribution in [1.29, 1.82) is 0 Å². The Morgan fingerprint density at radius 2 is 1.92 bits per heavy atom.